The van der Waals surface area contributed by atoms with Gasteiger partial charge in [0.05, 0.1) is 6.42 Å². The smallest absolute Gasteiger partial charge is 0.451 e. The maximum Gasteiger partial charge on any atom is 0.451 e. The van der Waals surface area contributed by atoms with Gasteiger partial charge >= 0.3 is 27.4 Å². The molecule has 0 amide bonds. The molecule has 0 aromatic rings. The second-order valence-corrected chi connectivity index (χ2v) is 8.05. The third-order valence-electron chi connectivity index (χ3n) is 3.03. The van der Waals surface area contributed by atoms with Crippen LogP contribution in [0.5, 0.6) is 0 Å². The van der Waals surface area contributed by atoms with Gasteiger partial charge in [0.2, 0.25) is 11.9 Å². The Morgan fingerprint density at radius 3 is 2.07 bits per heavy atom. The zero-order valence-corrected chi connectivity index (χ0v) is 16.4. The Balaban J connectivity index is 0.000000528. The van der Waals surface area contributed by atoms with Crippen LogP contribution >= 0.6 is 15.5 Å². The molecule has 0 aromatic carbocycles. The summed E-state index contributed by atoms with van der Waals surface area (Å²) in [4.78, 5) is 57.0. The fourth-order valence-electron chi connectivity index (χ4n) is 1.79. The summed E-state index contributed by atoms with van der Waals surface area (Å²) in [5.74, 6) is -3.01. The number of nitrogens with two attached hydrogens (primary N) is 1. The Morgan fingerprint density at radius 2 is 1.71 bits per heavy atom. The molecule has 16 nitrogen and oxygen atoms in total. The summed E-state index contributed by atoms with van der Waals surface area (Å²) in [6.07, 6.45) is -0.155. The van der Waals surface area contributed by atoms with Crippen LogP contribution in [0.15, 0.2) is 4.76 Å². The van der Waals surface area contributed by atoms with Crippen LogP contribution in [0.4, 0.5) is 0 Å². The van der Waals surface area contributed by atoms with Crippen molar-refractivity contribution in [2.75, 3.05) is 33.2 Å². The Labute approximate surface area is 158 Å². The first-order chi connectivity index (χ1) is 12.5. The second kappa shape index (κ2) is 10.4. The maximum atomic E-state index is 10.9. The molecule has 1 fully saturated rings. The molecule has 1 aliphatic heterocycles. The van der Waals surface area contributed by atoms with E-state index in [2.05, 4.69) is 4.76 Å². The third kappa shape index (κ3) is 10.2. The summed E-state index contributed by atoms with van der Waals surface area (Å²) >= 11 is 0. The van der Waals surface area contributed by atoms with E-state index in [9.17, 15) is 18.7 Å². The van der Waals surface area contributed by atoms with Crippen molar-refractivity contribution in [3.05, 3.63) is 0 Å². The topological polar surface area (TPSA) is 262 Å². The highest BCUT2D eigenvalue weighted by molar-refractivity contribution is 7.50. The lowest BCUT2D eigenvalue weighted by atomic mass is 10.4. The first-order valence-electron chi connectivity index (χ1n) is 7.27. The summed E-state index contributed by atoms with van der Waals surface area (Å²) < 4.78 is 24.6. The standard InChI is InChI=1S/C6H12N3O5P.C4H10N3O5P/c7-6-8(2-1-5(10)11)3-4-9(6)15(12,13)14;1-7(2-3(8)9)4(5)6-13(10,11)12/h7H,1-4H2,(H,10,11)(H2,12,13,14);2H2,1H3,(H,8,9)(H4,5,6,10,11,12). The fraction of sp³-hybridized carbons (Fsp3) is 0.600. The molecule has 0 aromatic heterocycles. The number of guanidine groups is 2. The van der Waals surface area contributed by atoms with Gasteiger partial charge in [0.15, 0.2) is 0 Å². The minimum atomic E-state index is -4.59. The lowest BCUT2D eigenvalue weighted by Crippen LogP contribution is -2.37. The molecular weight excluding hydrogens is 426 g/mol. The Morgan fingerprint density at radius 1 is 1.18 bits per heavy atom. The van der Waals surface area contributed by atoms with E-state index in [1.807, 2.05) is 0 Å². The molecular formula is C10H22N6O10P2. The minimum absolute atomic E-state index is 0.0444. The molecule has 0 bridgehead atoms. The van der Waals surface area contributed by atoms with Crippen LogP contribution in [0.25, 0.3) is 0 Å². The normalized spacial score (nSPS) is 15.2. The van der Waals surface area contributed by atoms with Gasteiger partial charge in [-0.3, -0.25) is 15.0 Å². The Hall–Kier alpha value is -2.22. The van der Waals surface area contributed by atoms with Gasteiger partial charge in [-0.1, -0.05) is 0 Å². The molecule has 0 saturated carbocycles. The molecule has 0 unspecified atom stereocenters. The SMILES string of the molecule is CN(CC(=O)O)C(N)=NP(=O)(O)O.N=C1N(CCC(=O)O)CCN1P(=O)(O)O. The van der Waals surface area contributed by atoms with Crippen LogP contribution in [-0.4, -0.2) is 101 Å². The molecule has 1 aliphatic rings. The number of carboxylic acid groups (broad SMARTS) is 2. The van der Waals surface area contributed by atoms with E-state index in [-0.39, 0.29) is 32.0 Å². The van der Waals surface area contributed by atoms with Crippen LogP contribution in [0.3, 0.4) is 0 Å². The summed E-state index contributed by atoms with van der Waals surface area (Å²) in [6, 6.07) is 0. The van der Waals surface area contributed by atoms with E-state index in [4.69, 9.17) is 40.9 Å². The van der Waals surface area contributed by atoms with Gasteiger partial charge < -0.3 is 45.3 Å². The highest BCUT2D eigenvalue weighted by Crippen LogP contribution is 2.42. The van der Waals surface area contributed by atoms with Crippen molar-refractivity contribution in [2.45, 2.75) is 6.42 Å². The minimum Gasteiger partial charge on any atom is -0.481 e. The van der Waals surface area contributed by atoms with Gasteiger partial charge in [0.25, 0.3) is 0 Å². The van der Waals surface area contributed by atoms with E-state index in [1.54, 1.807) is 0 Å². The highest BCUT2D eigenvalue weighted by Gasteiger charge is 2.36. The lowest BCUT2D eigenvalue weighted by molar-refractivity contribution is -0.138. The molecule has 9 N–H and O–H groups in total. The summed E-state index contributed by atoms with van der Waals surface area (Å²) in [7, 11) is -7.77. The maximum absolute atomic E-state index is 10.9. The predicted octanol–water partition coefficient (Wildman–Crippen LogP) is -2.48. The van der Waals surface area contributed by atoms with Crippen molar-refractivity contribution < 1.29 is 48.5 Å². The average Bonchev–Trinajstić information content (AvgIpc) is 2.84. The van der Waals surface area contributed by atoms with Crippen molar-refractivity contribution in [3.63, 3.8) is 0 Å². The van der Waals surface area contributed by atoms with Crippen molar-refractivity contribution in [2.24, 2.45) is 10.5 Å². The number of aliphatic carboxylic acids is 2. The van der Waals surface area contributed by atoms with Crippen LogP contribution in [0.1, 0.15) is 6.42 Å². The lowest BCUT2D eigenvalue weighted by Gasteiger charge is -2.21. The molecule has 0 spiro atoms. The van der Waals surface area contributed by atoms with E-state index in [0.717, 1.165) is 4.90 Å². The van der Waals surface area contributed by atoms with E-state index < -0.39 is 39.9 Å². The van der Waals surface area contributed by atoms with Crippen LogP contribution in [0, 0.1) is 5.41 Å². The number of nitrogens with one attached hydrogen (secondary N) is 1. The molecule has 1 heterocycles. The van der Waals surface area contributed by atoms with Crippen LogP contribution in [-0.2, 0) is 18.7 Å². The van der Waals surface area contributed by atoms with Gasteiger partial charge in [-0.2, -0.15) is 0 Å². The zero-order valence-electron chi connectivity index (χ0n) is 14.6. The monoisotopic (exact) mass is 448 g/mol. The van der Waals surface area contributed by atoms with E-state index in [0.29, 0.717) is 4.67 Å². The molecule has 28 heavy (non-hydrogen) atoms. The first kappa shape index (κ1) is 25.8. The third-order valence-corrected chi connectivity index (χ3v) is 4.52. The molecule has 1 rings (SSSR count). The number of hydrogen-bond donors (Lipinski definition) is 8. The number of likely N-dealkylation sites (N-methyl/N-ethyl adjacent to an activating group) is 1. The van der Waals surface area contributed by atoms with Crippen LogP contribution in [0.2, 0.25) is 0 Å². The molecule has 0 radical (unpaired) electrons. The largest absolute Gasteiger partial charge is 0.481 e. The van der Waals surface area contributed by atoms with E-state index in [1.165, 1.54) is 11.9 Å². The van der Waals surface area contributed by atoms with Gasteiger partial charge in [-0.15, -0.1) is 4.76 Å². The number of nitrogens with zero attached hydrogens (tertiary/aromatic N) is 4. The number of hydrogen-bond acceptors (Lipinski definition) is 5. The molecule has 162 valence electrons. The van der Waals surface area contributed by atoms with Crippen molar-refractivity contribution >= 4 is 39.4 Å². The van der Waals surface area contributed by atoms with Crippen LogP contribution < -0.4 is 5.73 Å². The van der Waals surface area contributed by atoms with Crippen molar-refractivity contribution in [1.29, 1.82) is 5.41 Å². The number of carboxylic acids is 2. The Bertz CT molecular complexity index is 717. The summed E-state index contributed by atoms with van der Waals surface area (Å²) in [6.45, 7) is -0.0834. The molecule has 0 aliphatic carbocycles. The van der Waals surface area contributed by atoms with Gasteiger partial charge in [-0.25, -0.2) is 13.8 Å². The summed E-state index contributed by atoms with van der Waals surface area (Å²) in [5, 5.41) is 24.1. The van der Waals surface area contributed by atoms with E-state index >= 15 is 0 Å². The fourth-order valence-corrected chi connectivity index (χ4v) is 2.93. The Kier molecular flexibility index (Phi) is 9.54. The predicted molar refractivity (Wildman–Crippen MR) is 94.2 cm³/mol. The first-order valence-corrected chi connectivity index (χ1v) is 10.4. The average molecular weight is 448 g/mol. The number of rotatable bonds is 7. The molecule has 0 atom stereocenters. The number of carbonyl (C=O) groups is 2. The van der Waals surface area contributed by atoms with Gasteiger partial charge in [-0.05, 0) is 0 Å². The quantitative estimate of drug-likeness (QED) is 0.114. The highest BCUT2D eigenvalue weighted by atomic mass is 31.2. The van der Waals surface area contributed by atoms with Crippen molar-refractivity contribution in [3.8, 4) is 0 Å². The van der Waals surface area contributed by atoms with Gasteiger partial charge in [0, 0.05) is 26.7 Å². The summed E-state index contributed by atoms with van der Waals surface area (Å²) in [5.41, 5.74) is 5.07. The molecule has 18 heteroatoms. The zero-order chi connectivity index (χ0) is 22.3. The second-order valence-electron chi connectivity index (χ2n) is 5.31. The van der Waals surface area contributed by atoms with Crippen molar-refractivity contribution in [1.82, 2.24) is 14.5 Å². The van der Waals surface area contributed by atoms with Gasteiger partial charge in [0.1, 0.15) is 6.54 Å². The molecule has 1 saturated heterocycles.